The summed E-state index contributed by atoms with van der Waals surface area (Å²) in [6, 6.07) is 4.98. The first kappa shape index (κ1) is 17.8. The molecule has 0 bridgehead atoms. The minimum absolute atomic E-state index is 0.101. The number of nitrogens with zero attached hydrogens (tertiary/aromatic N) is 1. The molecule has 0 spiro atoms. The Labute approximate surface area is 134 Å². The Hall–Kier alpha value is -1.30. The van der Waals surface area contributed by atoms with E-state index in [9.17, 15) is 9.59 Å². The largest absolute Gasteiger partial charge is 0.383 e. The Morgan fingerprint density at radius 2 is 1.86 bits per heavy atom. The Balaban J connectivity index is 2.55. The SMILES string of the molecule is COCCN(CCC(=O)Nc1c(Cl)cccc1Cl)C(C)=O. The number of anilines is 1. The van der Waals surface area contributed by atoms with Crippen LogP contribution < -0.4 is 5.32 Å². The molecule has 5 nitrogen and oxygen atoms in total. The maximum atomic E-state index is 11.9. The van der Waals surface area contributed by atoms with Gasteiger partial charge in [0.05, 0.1) is 22.3 Å². The van der Waals surface area contributed by atoms with Crippen LogP contribution in [0.25, 0.3) is 0 Å². The Bertz CT molecular complexity index is 489. The van der Waals surface area contributed by atoms with Gasteiger partial charge in [-0.25, -0.2) is 0 Å². The van der Waals surface area contributed by atoms with Crippen molar-refractivity contribution in [3.8, 4) is 0 Å². The molecule has 1 N–H and O–H groups in total. The zero-order valence-electron chi connectivity index (χ0n) is 12.0. The number of nitrogens with one attached hydrogen (secondary N) is 1. The molecule has 1 rings (SSSR count). The third-order valence-electron chi connectivity index (χ3n) is 2.85. The summed E-state index contributed by atoms with van der Waals surface area (Å²) in [5, 5.41) is 3.40. The topological polar surface area (TPSA) is 58.6 Å². The Morgan fingerprint density at radius 1 is 1.24 bits per heavy atom. The van der Waals surface area contributed by atoms with Gasteiger partial charge in [0, 0.05) is 33.5 Å². The number of carbonyl (C=O) groups excluding carboxylic acids is 2. The molecule has 1 aromatic rings. The molecule has 0 unspecified atom stereocenters. The molecule has 0 aliphatic carbocycles. The van der Waals surface area contributed by atoms with Crippen LogP contribution in [0.4, 0.5) is 5.69 Å². The van der Waals surface area contributed by atoms with E-state index in [1.54, 1.807) is 30.2 Å². The second-order valence-corrected chi connectivity index (χ2v) is 5.21. The fraction of sp³-hybridized carbons (Fsp3) is 0.429. The van der Waals surface area contributed by atoms with Crippen molar-refractivity contribution in [1.29, 1.82) is 0 Å². The predicted molar refractivity (Wildman–Crippen MR) is 83.8 cm³/mol. The predicted octanol–water partition coefficient (Wildman–Crippen LogP) is 2.82. The van der Waals surface area contributed by atoms with Crippen LogP contribution in [0.2, 0.25) is 10.0 Å². The molecule has 0 aromatic heterocycles. The summed E-state index contributed by atoms with van der Waals surface area (Å²) in [6.45, 7) is 2.65. The molecule has 0 saturated carbocycles. The third-order valence-corrected chi connectivity index (χ3v) is 3.48. The number of benzene rings is 1. The van der Waals surface area contributed by atoms with Gasteiger partial charge in [0.2, 0.25) is 11.8 Å². The van der Waals surface area contributed by atoms with Crippen LogP contribution in [0.15, 0.2) is 18.2 Å². The van der Waals surface area contributed by atoms with Crippen molar-refractivity contribution in [2.75, 3.05) is 32.1 Å². The summed E-state index contributed by atoms with van der Waals surface area (Å²) in [7, 11) is 1.56. The minimum Gasteiger partial charge on any atom is -0.383 e. The first-order valence-corrected chi connectivity index (χ1v) is 7.19. The Kier molecular flexibility index (Phi) is 7.50. The van der Waals surface area contributed by atoms with Gasteiger partial charge in [-0.2, -0.15) is 0 Å². The molecule has 0 atom stereocenters. The normalized spacial score (nSPS) is 10.3. The molecule has 0 aliphatic rings. The van der Waals surface area contributed by atoms with E-state index in [0.717, 1.165) is 0 Å². The summed E-state index contributed by atoms with van der Waals surface area (Å²) in [6.07, 6.45) is 0.158. The quantitative estimate of drug-likeness (QED) is 0.835. The van der Waals surface area contributed by atoms with E-state index < -0.39 is 0 Å². The van der Waals surface area contributed by atoms with Crippen molar-refractivity contribution < 1.29 is 14.3 Å². The maximum absolute atomic E-state index is 11.9. The van der Waals surface area contributed by atoms with Gasteiger partial charge in [-0.15, -0.1) is 0 Å². The number of para-hydroxylation sites is 1. The van der Waals surface area contributed by atoms with Crippen LogP contribution in [0, 0.1) is 0 Å². The molecule has 21 heavy (non-hydrogen) atoms. The maximum Gasteiger partial charge on any atom is 0.226 e. The standard InChI is InChI=1S/C14H18Cl2N2O3/c1-10(19)18(8-9-21-2)7-6-13(20)17-14-11(15)4-3-5-12(14)16/h3-5H,6-9H2,1-2H3,(H,17,20). The third kappa shape index (κ3) is 5.91. The van der Waals surface area contributed by atoms with Gasteiger partial charge in [0.25, 0.3) is 0 Å². The molecule has 0 heterocycles. The zero-order valence-corrected chi connectivity index (χ0v) is 13.5. The van der Waals surface area contributed by atoms with Crippen molar-refractivity contribution >= 4 is 40.7 Å². The number of methoxy groups -OCH3 is 1. The van der Waals surface area contributed by atoms with Crippen molar-refractivity contribution in [3.05, 3.63) is 28.2 Å². The summed E-state index contributed by atoms with van der Waals surface area (Å²) in [5.41, 5.74) is 0.386. The van der Waals surface area contributed by atoms with Gasteiger partial charge < -0.3 is 15.0 Å². The van der Waals surface area contributed by atoms with E-state index >= 15 is 0 Å². The van der Waals surface area contributed by atoms with E-state index in [1.165, 1.54) is 6.92 Å². The molecule has 0 saturated heterocycles. The van der Waals surface area contributed by atoms with Gasteiger partial charge in [-0.05, 0) is 12.1 Å². The molecule has 1 aromatic carbocycles. The molecule has 0 aliphatic heterocycles. The van der Waals surface area contributed by atoms with Crippen LogP contribution in [0.3, 0.4) is 0 Å². The zero-order chi connectivity index (χ0) is 15.8. The summed E-state index contributed by atoms with van der Waals surface area (Å²) >= 11 is 12.0. The number of hydrogen-bond acceptors (Lipinski definition) is 3. The fourth-order valence-electron chi connectivity index (χ4n) is 1.68. The summed E-state index contributed by atoms with van der Waals surface area (Å²) in [5.74, 6) is -0.357. The molecule has 0 radical (unpaired) electrons. The number of carbonyl (C=O) groups is 2. The molecular weight excluding hydrogens is 315 g/mol. The average molecular weight is 333 g/mol. The number of rotatable bonds is 7. The second-order valence-electron chi connectivity index (χ2n) is 4.39. The van der Waals surface area contributed by atoms with Crippen LogP contribution in [-0.2, 0) is 14.3 Å². The molecule has 116 valence electrons. The van der Waals surface area contributed by atoms with E-state index in [0.29, 0.717) is 35.4 Å². The lowest BCUT2D eigenvalue weighted by molar-refractivity contribution is -0.130. The smallest absolute Gasteiger partial charge is 0.226 e. The van der Waals surface area contributed by atoms with Gasteiger partial charge in [0.1, 0.15) is 0 Å². The van der Waals surface area contributed by atoms with Gasteiger partial charge in [-0.1, -0.05) is 29.3 Å². The highest BCUT2D eigenvalue weighted by Gasteiger charge is 2.13. The van der Waals surface area contributed by atoms with E-state index in [2.05, 4.69) is 5.32 Å². The van der Waals surface area contributed by atoms with Crippen LogP contribution >= 0.6 is 23.2 Å². The number of ether oxygens (including phenoxy) is 1. The highest BCUT2D eigenvalue weighted by atomic mass is 35.5. The second kappa shape index (κ2) is 8.87. The summed E-state index contributed by atoms with van der Waals surface area (Å²) in [4.78, 5) is 24.9. The van der Waals surface area contributed by atoms with Crippen molar-refractivity contribution in [3.63, 3.8) is 0 Å². The first-order chi connectivity index (χ1) is 9.95. The Morgan fingerprint density at radius 3 is 2.38 bits per heavy atom. The molecule has 7 heteroatoms. The van der Waals surface area contributed by atoms with E-state index in [-0.39, 0.29) is 18.2 Å². The lowest BCUT2D eigenvalue weighted by atomic mass is 10.3. The van der Waals surface area contributed by atoms with Gasteiger partial charge in [-0.3, -0.25) is 9.59 Å². The van der Waals surface area contributed by atoms with Crippen LogP contribution in [-0.4, -0.2) is 43.5 Å². The lowest BCUT2D eigenvalue weighted by Gasteiger charge is -2.20. The van der Waals surface area contributed by atoms with E-state index in [4.69, 9.17) is 27.9 Å². The average Bonchev–Trinajstić information content (AvgIpc) is 2.42. The number of halogens is 2. The van der Waals surface area contributed by atoms with E-state index in [1.807, 2.05) is 0 Å². The number of amides is 2. The lowest BCUT2D eigenvalue weighted by Crippen LogP contribution is -2.34. The van der Waals surface area contributed by atoms with Crippen molar-refractivity contribution in [2.24, 2.45) is 0 Å². The first-order valence-electron chi connectivity index (χ1n) is 6.44. The van der Waals surface area contributed by atoms with Crippen molar-refractivity contribution in [2.45, 2.75) is 13.3 Å². The monoisotopic (exact) mass is 332 g/mol. The van der Waals surface area contributed by atoms with Gasteiger partial charge in [0.15, 0.2) is 0 Å². The fourth-order valence-corrected chi connectivity index (χ4v) is 2.18. The number of hydrogen-bond donors (Lipinski definition) is 1. The highest BCUT2D eigenvalue weighted by molar-refractivity contribution is 6.39. The highest BCUT2D eigenvalue weighted by Crippen LogP contribution is 2.29. The summed E-state index contributed by atoms with van der Waals surface area (Å²) < 4.78 is 4.93. The van der Waals surface area contributed by atoms with Crippen molar-refractivity contribution in [1.82, 2.24) is 4.90 Å². The van der Waals surface area contributed by atoms with Crippen LogP contribution in [0.1, 0.15) is 13.3 Å². The molecule has 2 amide bonds. The van der Waals surface area contributed by atoms with Gasteiger partial charge >= 0.3 is 0 Å². The van der Waals surface area contributed by atoms with Crippen LogP contribution in [0.5, 0.6) is 0 Å². The molecule has 0 fully saturated rings. The molecular formula is C14H18Cl2N2O3. The minimum atomic E-state index is -0.256.